The maximum atomic E-state index is 11.7. The summed E-state index contributed by atoms with van der Waals surface area (Å²) in [5.41, 5.74) is 0. The van der Waals surface area contributed by atoms with Crippen LogP contribution in [0.4, 0.5) is 4.79 Å². The van der Waals surface area contributed by atoms with Gasteiger partial charge in [-0.05, 0) is 6.42 Å². The van der Waals surface area contributed by atoms with Gasteiger partial charge in [0.2, 0.25) is 5.91 Å². The van der Waals surface area contributed by atoms with E-state index in [2.05, 4.69) is 10.6 Å². The summed E-state index contributed by atoms with van der Waals surface area (Å²) in [6, 6.07) is 0. The number of hydrogen-bond donors (Lipinski definition) is 2. The Kier molecular flexibility index (Phi) is 18.0. The van der Waals surface area contributed by atoms with Crippen LogP contribution in [0, 0.1) is 0 Å². The van der Waals surface area contributed by atoms with E-state index in [9.17, 15) is 19.2 Å². The number of hydrogen-bond acceptors (Lipinski definition) is 10. The number of esters is 2. The lowest BCUT2D eigenvalue weighted by Crippen LogP contribution is -2.39. The molecular weight excluding hydrogens is 414 g/mol. The first kappa shape index (κ1) is 28.6. The highest BCUT2D eigenvalue weighted by Gasteiger charge is 2.12. The number of carbonyl (C=O) groups excluding carboxylic acids is 4. The molecule has 0 heterocycles. The Balaban J connectivity index is 3.77. The van der Waals surface area contributed by atoms with Crippen molar-refractivity contribution >= 4 is 23.9 Å². The summed E-state index contributed by atoms with van der Waals surface area (Å²) >= 11 is 0. The smallest absolute Gasteiger partial charge is 0.407 e. The maximum absolute atomic E-state index is 11.7. The van der Waals surface area contributed by atoms with E-state index in [0.29, 0.717) is 32.8 Å². The fourth-order valence-electron chi connectivity index (χ4n) is 2.05. The molecule has 0 aliphatic rings. The Morgan fingerprint density at radius 3 is 2.16 bits per heavy atom. The molecule has 2 amide bonds. The van der Waals surface area contributed by atoms with Crippen molar-refractivity contribution in [1.82, 2.24) is 15.5 Å². The number of nitrogens with one attached hydrogen (secondary N) is 2. The molecule has 12 nitrogen and oxygen atoms in total. The molecule has 0 radical (unpaired) electrons. The number of carbonyl (C=O) groups is 4. The zero-order chi connectivity index (χ0) is 23.3. The van der Waals surface area contributed by atoms with E-state index < -0.39 is 18.0 Å². The highest BCUT2D eigenvalue weighted by Crippen LogP contribution is 1.92. The third-order valence-corrected chi connectivity index (χ3v) is 3.57. The second kappa shape index (κ2) is 19.5. The van der Waals surface area contributed by atoms with Gasteiger partial charge in [-0.25, -0.2) is 9.59 Å². The molecule has 0 fully saturated rings. The van der Waals surface area contributed by atoms with Gasteiger partial charge in [0.05, 0.1) is 33.0 Å². The minimum absolute atomic E-state index is 0.0650. The van der Waals surface area contributed by atoms with Crippen LogP contribution in [0.15, 0.2) is 0 Å². The molecule has 0 saturated heterocycles. The third-order valence-electron chi connectivity index (χ3n) is 3.57. The van der Waals surface area contributed by atoms with Crippen molar-refractivity contribution in [2.75, 3.05) is 79.5 Å². The van der Waals surface area contributed by atoms with Crippen molar-refractivity contribution in [2.24, 2.45) is 0 Å². The molecule has 0 saturated carbocycles. The molecule has 12 heteroatoms. The Morgan fingerprint density at radius 1 is 0.839 bits per heavy atom. The summed E-state index contributed by atoms with van der Waals surface area (Å²) < 4.78 is 25.2. The fourth-order valence-corrected chi connectivity index (χ4v) is 2.05. The monoisotopic (exact) mass is 449 g/mol. The Bertz CT molecular complexity index is 532. The molecular formula is C19H35N3O9. The third kappa shape index (κ3) is 19.3. The number of likely N-dealkylation sites (N-methyl/N-ethyl adjacent to an activating group) is 1. The maximum Gasteiger partial charge on any atom is 0.407 e. The molecule has 0 atom stereocenters. The molecule has 0 spiro atoms. The quantitative estimate of drug-likeness (QED) is 0.157. The van der Waals surface area contributed by atoms with Crippen molar-refractivity contribution in [3.8, 4) is 0 Å². The molecule has 0 unspecified atom stereocenters. The molecule has 2 N–H and O–H groups in total. The first-order chi connectivity index (χ1) is 14.9. The van der Waals surface area contributed by atoms with E-state index in [1.807, 2.05) is 6.92 Å². The van der Waals surface area contributed by atoms with E-state index >= 15 is 0 Å². The largest absolute Gasteiger partial charge is 0.465 e. The Hall–Kier alpha value is -2.44. The number of rotatable bonds is 18. The average molecular weight is 450 g/mol. The van der Waals surface area contributed by atoms with Crippen molar-refractivity contribution < 1.29 is 42.9 Å². The van der Waals surface area contributed by atoms with Gasteiger partial charge in [0, 0.05) is 33.6 Å². The van der Waals surface area contributed by atoms with Gasteiger partial charge in [-0.15, -0.1) is 0 Å². The summed E-state index contributed by atoms with van der Waals surface area (Å²) in [5, 5.41) is 5.04. The lowest BCUT2D eigenvalue weighted by Gasteiger charge is -2.20. The summed E-state index contributed by atoms with van der Waals surface area (Å²) in [4.78, 5) is 46.9. The zero-order valence-corrected chi connectivity index (χ0v) is 18.6. The highest BCUT2D eigenvalue weighted by atomic mass is 16.6. The molecule has 0 bridgehead atoms. The topological polar surface area (TPSA) is 142 Å². The Labute approximate surface area is 182 Å². The molecule has 180 valence electrons. The predicted octanol–water partition coefficient (Wildman–Crippen LogP) is -0.690. The summed E-state index contributed by atoms with van der Waals surface area (Å²) in [6.07, 6.45) is 0.276. The second-order valence-corrected chi connectivity index (χ2v) is 6.24. The van der Waals surface area contributed by atoms with Gasteiger partial charge in [0.15, 0.2) is 0 Å². The second-order valence-electron chi connectivity index (χ2n) is 6.24. The minimum Gasteiger partial charge on any atom is -0.465 e. The van der Waals surface area contributed by atoms with Crippen LogP contribution in [-0.2, 0) is 38.1 Å². The highest BCUT2D eigenvalue weighted by molar-refractivity contribution is 5.77. The van der Waals surface area contributed by atoms with Crippen LogP contribution in [0.5, 0.6) is 0 Å². The first-order valence-corrected chi connectivity index (χ1v) is 10.2. The molecule has 0 aromatic heterocycles. The number of amides is 2. The summed E-state index contributed by atoms with van der Waals surface area (Å²) in [6.45, 7) is 5.35. The van der Waals surface area contributed by atoms with E-state index in [1.165, 1.54) is 14.0 Å². The predicted molar refractivity (Wildman–Crippen MR) is 109 cm³/mol. The molecule has 0 aliphatic heterocycles. The van der Waals surface area contributed by atoms with Crippen LogP contribution >= 0.6 is 0 Å². The molecule has 31 heavy (non-hydrogen) atoms. The summed E-state index contributed by atoms with van der Waals surface area (Å²) in [5.74, 6) is -1.15. The minimum atomic E-state index is -0.541. The molecule has 0 aromatic carbocycles. The van der Waals surface area contributed by atoms with E-state index in [4.69, 9.17) is 23.7 Å². The van der Waals surface area contributed by atoms with Gasteiger partial charge in [0.25, 0.3) is 0 Å². The van der Waals surface area contributed by atoms with E-state index in [0.717, 1.165) is 6.42 Å². The van der Waals surface area contributed by atoms with Gasteiger partial charge < -0.3 is 34.3 Å². The zero-order valence-electron chi connectivity index (χ0n) is 18.6. The van der Waals surface area contributed by atoms with Gasteiger partial charge >= 0.3 is 18.0 Å². The lowest BCUT2D eigenvalue weighted by atomic mass is 10.4. The van der Waals surface area contributed by atoms with Gasteiger partial charge in [-0.1, -0.05) is 6.92 Å². The molecule has 0 rings (SSSR count). The van der Waals surface area contributed by atoms with Crippen LogP contribution in [0.3, 0.4) is 0 Å². The van der Waals surface area contributed by atoms with Crippen LogP contribution in [0.2, 0.25) is 0 Å². The molecule has 0 aromatic rings. The number of alkyl carbamates (subject to hydrolysis) is 1. The van der Waals surface area contributed by atoms with Gasteiger partial charge in [-0.2, -0.15) is 0 Å². The lowest BCUT2D eigenvalue weighted by molar-refractivity contribution is -0.149. The van der Waals surface area contributed by atoms with E-state index in [1.54, 1.807) is 4.90 Å². The Morgan fingerprint density at radius 2 is 1.52 bits per heavy atom. The van der Waals surface area contributed by atoms with E-state index in [-0.39, 0.29) is 45.5 Å². The van der Waals surface area contributed by atoms with Crippen LogP contribution in [-0.4, -0.2) is 108 Å². The SMILES string of the molecule is CCCOC(=O)NCCOCCOCC(=O)OCCN(CCOC(C)=O)CC(=O)NC. The van der Waals surface area contributed by atoms with Crippen molar-refractivity contribution in [1.29, 1.82) is 0 Å². The van der Waals surface area contributed by atoms with Crippen molar-refractivity contribution in [3.63, 3.8) is 0 Å². The van der Waals surface area contributed by atoms with Crippen LogP contribution < -0.4 is 10.6 Å². The van der Waals surface area contributed by atoms with Crippen LogP contribution in [0.1, 0.15) is 20.3 Å². The van der Waals surface area contributed by atoms with Gasteiger partial charge in [0.1, 0.15) is 19.8 Å². The average Bonchev–Trinajstić information content (AvgIpc) is 2.73. The van der Waals surface area contributed by atoms with Crippen molar-refractivity contribution in [2.45, 2.75) is 20.3 Å². The summed E-state index contributed by atoms with van der Waals surface area (Å²) in [7, 11) is 1.52. The number of nitrogens with zero attached hydrogens (tertiary/aromatic N) is 1. The van der Waals surface area contributed by atoms with Crippen molar-refractivity contribution in [3.05, 3.63) is 0 Å². The first-order valence-electron chi connectivity index (χ1n) is 10.2. The molecule has 0 aliphatic carbocycles. The standard InChI is InChI=1S/C19H35N3O9/c1-4-8-31-19(26)21-5-9-27-12-13-28-15-18(25)30-11-7-22(14-17(24)20-3)6-10-29-16(2)23/h4-15H2,1-3H3,(H,20,24)(H,21,26). The fraction of sp³-hybridized carbons (Fsp3) is 0.789. The normalized spacial score (nSPS) is 10.5. The van der Waals surface area contributed by atoms with Gasteiger partial charge in [-0.3, -0.25) is 14.5 Å². The number of ether oxygens (including phenoxy) is 5. The van der Waals surface area contributed by atoms with Crippen LogP contribution in [0.25, 0.3) is 0 Å².